The van der Waals surface area contributed by atoms with Crippen molar-refractivity contribution in [2.45, 2.75) is 38.3 Å². The number of benzene rings is 1. The van der Waals surface area contributed by atoms with Crippen molar-refractivity contribution in [2.75, 3.05) is 32.8 Å². The van der Waals surface area contributed by atoms with E-state index in [9.17, 15) is 4.79 Å². The maximum atomic E-state index is 12.4. The van der Waals surface area contributed by atoms with E-state index in [2.05, 4.69) is 10.2 Å². The van der Waals surface area contributed by atoms with Gasteiger partial charge in [0.05, 0.1) is 6.61 Å². The Morgan fingerprint density at radius 3 is 2.62 bits per heavy atom. The van der Waals surface area contributed by atoms with Crippen LogP contribution in [-0.2, 0) is 9.53 Å². The predicted molar refractivity (Wildman–Crippen MR) is 94.6 cm³/mol. The van der Waals surface area contributed by atoms with Crippen LogP contribution in [0.25, 0.3) is 0 Å². The minimum Gasteiger partial charge on any atom is -0.381 e. The van der Waals surface area contributed by atoms with Crippen LogP contribution in [0.2, 0.25) is 0 Å². The lowest BCUT2D eigenvalue weighted by molar-refractivity contribution is -0.123. The molecule has 2 aliphatic heterocycles. The van der Waals surface area contributed by atoms with E-state index < -0.39 is 6.04 Å². The van der Waals surface area contributed by atoms with Crippen molar-refractivity contribution in [3.8, 4) is 0 Å². The number of nitrogens with two attached hydrogens (primary N) is 1. The maximum absolute atomic E-state index is 12.4. The quantitative estimate of drug-likeness (QED) is 0.860. The van der Waals surface area contributed by atoms with Gasteiger partial charge >= 0.3 is 0 Å². The minimum absolute atomic E-state index is 0.0681. The van der Waals surface area contributed by atoms with Crippen LogP contribution >= 0.6 is 0 Å². The summed E-state index contributed by atoms with van der Waals surface area (Å²) in [5.74, 6) is 0.618. The Hall–Kier alpha value is -1.43. The summed E-state index contributed by atoms with van der Waals surface area (Å²) in [6, 6.07) is 7.52. The molecular weight excluding hydrogens is 302 g/mol. The zero-order chi connectivity index (χ0) is 16.9. The van der Waals surface area contributed by atoms with Gasteiger partial charge in [-0.15, -0.1) is 0 Å². The summed E-state index contributed by atoms with van der Waals surface area (Å²) in [5, 5.41) is 3.13. The fraction of sp³-hybridized carbons (Fsp3) is 0.632. The van der Waals surface area contributed by atoms with Crippen LogP contribution in [0, 0.1) is 12.8 Å². The SMILES string of the molecule is Cc1ccc(C(N)C(=O)NC2CCN(CC3CCOC3)CC2)cc1. The first-order valence-corrected chi connectivity index (χ1v) is 9.04. The molecule has 2 heterocycles. The summed E-state index contributed by atoms with van der Waals surface area (Å²) in [6.45, 7) is 7.06. The largest absolute Gasteiger partial charge is 0.381 e. The lowest BCUT2D eigenvalue weighted by atomic mass is 10.0. The molecule has 2 aliphatic rings. The van der Waals surface area contributed by atoms with E-state index in [1.807, 2.05) is 31.2 Å². The first-order valence-electron chi connectivity index (χ1n) is 9.04. The zero-order valence-corrected chi connectivity index (χ0v) is 14.5. The fourth-order valence-corrected chi connectivity index (χ4v) is 3.57. The van der Waals surface area contributed by atoms with Gasteiger partial charge in [0.1, 0.15) is 6.04 Å². The number of hydrogen-bond acceptors (Lipinski definition) is 4. The van der Waals surface area contributed by atoms with E-state index in [0.717, 1.165) is 51.3 Å². The maximum Gasteiger partial charge on any atom is 0.241 e. The molecule has 0 radical (unpaired) electrons. The van der Waals surface area contributed by atoms with Crippen molar-refractivity contribution in [3.05, 3.63) is 35.4 Å². The van der Waals surface area contributed by atoms with Gasteiger partial charge in [-0.1, -0.05) is 29.8 Å². The molecule has 5 heteroatoms. The number of carbonyl (C=O) groups is 1. The van der Waals surface area contributed by atoms with Crippen molar-refractivity contribution >= 4 is 5.91 Å². The highest BCUT2D eigenvalue weighted by atomic mass is 16.5. The molecule has 0 aliphatic carbocycles. The zero-order valence-electron chi connectivity index (χ0n) is 14.5. The van der Waals surface area contributed by atoms with Crippen LogP contribution in [0.1, 0.15) is 36.4 Å². The summed E-state index contributed by atoms with van der Waals surface area (Å²) in [7, 11) is 0. The second-order valence-corrected chi connectivity index (χ2v) is 7.20. The number of likely N-dealkylation sites (tertiary alicyclic amines) is 1. The lowest BCUT2D eigenvalue weighted by Gasteiger charge is -2.34. The Bertz CT molecular complexity index is 532. The second-order valence-electron chi connectivity index (χ2n) is 7.20. The number of hydrogen-bond donors (Lipinski definition) is 2. The van der Waals surface area contributed by atoms with Gasteiger partial charge in [0.25, 0.3) is 0 Å². The van der Waals surface area contributed by atoms with Gasteiger partial charge in [-0.05, 0) is 37.7 Å². The highest BCUT2D eigenvalue weighted by Gasteiger charge is 2.26. The topological polar surface area (TPSA) is 67.6 Å². The molecule has 3 N–H and O–H groups in total. The van der Waals surface area contributed by atoms with Crippen molar-refractivity contribution in [2.24, 2.45) is 11.7 Å². The minimum atomic E-state index is -0.584. The number of nitrogens with one attached hydrogen (secondary N) is 1. The molecule has 132 valence electrons. The van der Waals surface area contributed by atoms with Crippen molar-refractivity contribution in [1.29, 1.82) is 0 Å². The van der Waals surface area contributed by atoms with Crippen LogP contribution in [0.5, 0.6) is 0 Å². The standard InChI is InChI=1S/C19H29N3O2/c1-14-2-4-16(5-3-14)18(20)19(23)21-17-6-9-22(10-7-17)12-15-8-11-24-13-15/h2-5,15,17-18H,6-13,20H2,1H3,(H,21,23). The Kier molecular flexibility index (Phi) is 5.87. The molecule has 2 atom stereocenters. The second kappa shape index (κ2) is 8.10. The fourth-order valence-electron chi connectivity index (χ4n) is 3.57. The molecule has 2 unspecified atom stereocenters. The number of ether oxygens (including phenoxy) is 1. The van der Waals surface area contributed by atoms with Crippen molar-refractivity contribution in [1.82, 2.24) is 10.2 Å². The van der Waals surface area contributed by atoms with Crippen molar-refractivity contribution < 1.29 is 9.53 Å². The molecule has 0 bridgehead atoms. The van der Waals surface area contributed by atoms with Gasteiger partial charge in [0, 0.05) is 32.3 Å². The first-order chi connectivity index (χ1) is 11.6. The van der Waals surface area contributed by atoms with E-state index in [1.54, 1.807) is 0 Å². The summed E-state index contributed by atoms with van der Waals surface area (Å²) in [6.07, 6.45) is 3.18. The molecule has 2 saturated heterocycles. The Labute approximate surface area is 144 Å². The monoisotopic (exact) mass is 331 g/mol. The van der Waals surface area contributed by atoms with E-state index in [0.29, 0.717) is 5.92 Å². The van der Waals surface area contributed by atoms with Crippen LogP contribution in [-0.4, -0.2) is 49.7 Å². The third kappa shape index (κ3) is 4.56. The predicted octanol–water partition coefficient (Wildman–Crippen LogP) is 1.61. The molecule has 0 spiro atoms. The van der Waals surface area contributed by atoms with Gasteiger partial charge in [-0.25, -0.2) is 0 Å². The van der Waals surface area contributed by atoms with Crippen LogP contribution in [0.3, 0.4) is 0 Å². The van der Waals surface area contributed by atoms with E-state index in [-0.39, 0.29) is 11.9 Å². The average molecular weight is 331 g/mol. The number of rotatable bonds is 5. The number of aryl methyl sites for hydroxylation is 1. The summed E-state index contributed by atoms with van der Waals surface area (Å²) in [5.41, 5.74) is 8.15. The van der Waals surface area contributed by atoms with Crippen LogP contribution < -0.4 is 11.1 Å². The Morgan fingerprint density at radius 1 is 1.29 bits per heavy atom. The van der Waals surface area contributed by atoms with Gasteiger partial charge in [0.15, 0.2) is 0 Å². The molecule has 3 rings (SSSR count). The molecule has 1 aromatic carbocycles. The van der Waals surface area contributed by atoms with Gasteiger partial charge < -0.3 is 20.7 Å². The van der Waals surface area contributed by atoms with E-state index >= 15 is 0 Å². The number of nitrogens with zero attached hydrogens (tertiary/aromatic N) is 1. The normalized spacial score (nSPS) is 24.0. The van der Waals surface area contributed by atoms with Gasteiger partial charge in [0.2, 0.25) is 5.91 Å². The summed E-state index contributed by atoms with van der Waals surface area (Å²) >= 11 is 0. The van der Waals surface area contributed by atoms with E-state index in [1.165, 1.54) is 12.0 Å². The highest BCUT2D eigenvalue weighted by Crippen LogP contribution is 2.18. The number of carbonyl (C=O) groups excluding carboxylic acids is 1. The van der Waals surface area contributed by atoms with Crippen LogP contribution in [0.4, 0.5) is 0 Å². The average Bonchev–Trinajstić information content (AvgIpc) is 3.09. The Balaban J connectivity index is 1.43. The molecule has 0 aromatic heterocycles. The molecule has 24 heavy (non-hydrogen) atoms. The summed E-state index contributed by atoms with van der Waals surface area (Å²) < 4.78 is 5.45. The third-order valence-corrected chi connectivity index (χ3v) is 5.19. The van der Waals surface area contributed by atoms with Gasteiger partial charge in [-0.3, -0.25) is 4.79 Å². The Morgan fingerprint density at radius 2 is 2.00 bits per heavy atom. The number of amides is 1. The third-order valence-electron chi connectivity index (χ3n) is 5.19. The first kappa shape index (κ1) is 17.4. The molecular formula is C19H29N3O2. The molecule has 1 aromatic rings. The van der Waals surface area contributed by atoms with E-state index in [4.69, 9.17) is 10.5 Å². The molecule has 0 saturated carbocycles. The molecule has 2 fully saturated rings. The smallest absolute Gasteiger partial charge is 0.241 e. The van der Waals surface area contributed by atoms with Crippen LogP contribution in [0.15, 0.2) is 24.3 Å². The van der Waals surface area contributed by atoms with Crippen molar-refractivity contribution in [3.63, 3.8) is 0 Å². The number of piperidine rings is 1. The van der Waals surface area contributed by atoms with Gasteiger partial charge in [-0.2, -0.15) is 0 Å². The highest BCUT2D eigenvalue weighted by molar-refractivity contribution is 5.83. The molecule has 5 nitrogen and oxygen atoms in total. The lowest BCUT2D eigenvalue weighted by Crippen LogP contribution is -2.47. The molecule has 1 amide bonds. The summed E-state index contributed by atoms with van der Waals surface area (Å²) in [4.78, 5) is 14.9.